The first kappa shape index (κ1) is 17.5. The summed E-state index contributed by atoms with van der Waals surface area (Å²) in [6.45, 7) is 2.93. The number of carbonyl (C=O) groups excluding carboxylic acids is 2. The van der Waals surface area contributed by atoms with E-state index in [1.807, 2.05) is 6.92 Å². The van der Waals surface area contributed by atoms with Gasteiger partial charge in [0.15, 0.2) is 0 Å². The van der Waals surface area contributed by atoms with Crippen molar-refractivity contribution >= 4 is 23.2 Å². The van der Waals surface area contributed by atoms with Crippen molar-refractivity contribution in [2.45, 2.75) is 19.4 Å². The molecule has 0 spiro atoms. The average molecular weight is 314 g/mol. The monoisotopic (exact) mass is 314 g/mol. The van der Waals surface area contributed by atoms with Gasteiger partial charge < -0.3 is 20.7 Å². The molecule has 8 heteroatoms. The number of nitrogens with zero attached hydrogens (tertiary/aromatic N) is 2. The van der Waals surface area contributed by atoms with Gasteiger partial charge in [-0.05, 0) is 13.3 Å². The number of carbonyl (C=O) groups is 2. The van der Waals surface area contributed by atoms with E-state index in [1.165, 1.54) is 16.2 Å². The highest BCUT2D eigenvalue weighted by Gasteiger charge is 2.18. The minimum atomic E-state index is -0.287. The minimum absolute atomic E-state index is 0.00312. The molecule has 21 heavy (non-hydrogen) atoms. The van der Waals surface area contributed by atoms with E-state index < -0.39 is 0 Å². The zero-order valence-corrected chi connectivity index (χ0v) is 13.4. The summed E-state index contributed by atoms with van der Waals surface area (Å²) in [5.41, 5.74) is 6.03. The van der Waals surface area contributed by atoms with Gasteiger partial charge in [-0.1, -0.05) is 0 Å². The Hall–Kier alpha value is -1.51. The first-order chi connectivity index (χ1) is 9.95. The Kier molecular flexibility index (Phi) is 7.27. The summed E-state index contributed by atoms with van der Waals surface area (Å²) in [5.74, 6) is -0.491. The molecule has 0 bridgehead atoms. The summed E-state index contributed by atoms with van der Waals surface area (Å²) < 4.78 is 4.89. The zero-order chi connectivity index (χ0) is 15.8. The van der Waals surface area contributed by atoms with Gasteiger partial charge in [-0.15, -0.1) is 11.3 Å². The summed E-state index contributed by atoms with van der Waals surface area (Å²) >= 11 is 1.34. The molecule has 0 fully saturated rings. The lowest BCUT2D eigenvalue weighted by molar-refractivity contribution is -0.121. The van der Waals surface area contributed by atoms with Crippen LogP contribution in [0.5, 0.6) is 0 Å². The molecular weight excluding hydrogens is 292 g/mol. The molecule has 1 aromatic heterocycles. The van der Waals surface area contributed by atoms with Crippen LogP contribution in [0, 0.1) is 0 Å². The third kappa shape index (κ3) is 5.78. The van der Waals surface area contributed by atoms with Gasteiger partial charge in [-0.2, -0.15) is 0 Å². The summed E-state index contributed by atoms with van der Waals surface area (Å²) in [6.07, 6.45) is 0.740. The highest BCUT2D eigenvalue weighted by Crippen LogP contribution is 2.16. The largest absolute Gasteiger partial charge is 0.385 e. The van der Waals surface area contributed by atoms with Gasteiger partial charge >= 0.3 is 0 Å². The Morgan fingerprint density at radius 2 is 2.29 bits per heavy atom. The summed E-state index contributed by atoms with van der Waals surface area (Å²) in [5, 5.41) is 5.09. The summed E-state index contributed by atoms with van der Waals surface area (Å²) in [7, 11) is 3.18. The Labute approximate surface area is 128 Å². The first-order valence-electron chi connectivity index (χ1n) is 6.67. The van der Waals surface area contributed by atoms with E-state index in [0.29, 0.717) is 23.9 Å². The molecule has 0 aliphatic rings. The molecule has 1 unspecified atom stereocenters. The number of thiazole rings is 1. The number of amides is 2. The third-order valence-electron chi connectivity index (χ3n) is 2.71. The van der Waals surface area contributed by atoms with Crippen LogP contribution in [0.4, 0.5) is 0 Å². The number of nitrogens with one attached hydrogen (secondary N) is 1. The van der Waals surface area contributed by atoms with E-state index in [-0.39, 0.29) is 24.4 Å². The lowest BCUT2D eigenvalue weighted by Gasteiger charge is -2.15. The lowest BCUT2D eigenvalue weighted by atomic mass is 10.3. The zero-order valence-electron chi connectivity index (χ0n) is 12.6. The number of hydrogen-bond acceptors (Lipinski definition) is 6. The fourth-order valence-electron chi connectivity index (χ4n) is 1.58. The van der Waals surface area contributed by atoms with E-state index in [1.54, 1.807) is 19.5 Å². The molecule has 118 valence electrons. The van der Waals surface area contributed by atoms with Crippen molar-refractivity contribution in [3.8, 4) is 0 Å². The van der Waals surface area contributed by atoms with Crippen LogP contribution < -0.4 is 11.1 Å². The fraction of sp³-hybridized carbons (Fsp3) is 0.615. The Balaban J connectivity index is 2.44. The second kappa shape index (κ2) is 8.71. The van der Waals surface area contributed by atoms with Crippen LogP contribution in [0.25, 0.3) is 0 Å². The predicted molar refractivity (Wildman–Crippen MR) is 81.2 cm³/mol. The van der Waals surface area contributed by atoms with Crippen LogP contribution >= 0.6 is 11.3 Å². The van der Waals surface area contributed by atoms with Gasteiger partial charge in [0, 0.05) is 32.7 Å². The van der Waals surface area contributed by atoms with E-state index in [4.69, 9.17) is 10.5 Å². The van der Waals surface area contributed by atoms with Gasteiger partial charge in [0.1, 0.15) is 10.7 Å². The van der Waals surface area contributed by atoms with Crippen LogP contribution in [0.2, 0.25) is 0 Å². The van der Waals surface area contributed by atoms with Crippen molar-refractivity contribution < 1.29 is 14.3 Å². The second-order valence-corrected chi connectivity index (χ2v) is 5.61. The highest BCUT2D eigenvalue weighted by molar-refractivity contribution is 7.09. The average Bonchev–Trinajstić information content (AvgIpc) is 2.92. The van der Waals surface area contributed by atoms with Crippen LogP contribution in [-0.2, 0) is 9.53 Å². The van der Waals surface area contributed by atoms with Gasteiger partial charge in [0.25, 0.3) is 5.91 Å². The van der Waals surface area contributed by atoms with E-state index in [9.17, 15) is 9.59 Å². The number of hydrogen-bond donors (Lipinski definition) is 2. The predicted octanol–water partition coefficient (Wildman–Crippen LogP) is 0.388. The van der Waals surface area contributed by atoms with E-state index in [2.05, 4.69) is 10.3 Å². The maximum atomic E-state index is 12.1. The van der Waals surface area contributed by atoms with Crippen LogP contribution in [0.1, 0.15) is 34.9 Å². The summed E-state index contributed by atoms with van der Waals surface area (Å²) in [4.78, 5) is 29.3. The first-order valence-corrected chi connectivity index (χ1v) is 7.55. The molecule has 1 rings (SSSR count). The number of rotatable bonds is 8. The molecule has 0 radical (unpaired) electrons. The molecule has 0 saturated carbocycles. The van der Waals surface area contributed by atoms with Crippen LogP contribution in [0.3, 0.4) is 0 Å². The van der Waals surface area contributed by atoms with Crippen LogP contribution in [-0.4, -0.2) is 55.6 Å². The molecular formula is C13H22N4O3S. The Bertz CT molecular complexity index is 476. The molecule has 3 N–H and O–H groups in total. The molecule has 1 aromatic rings. The van der Waals surface area contributed by atoms with Gasteiger partial charge in [0.2, 0.25) is 5.91 Å². The smallest absolute Gasteiger partial charge is 0.273 e. The van der Waals surface area contributed by atoms with Gasteiger partial charge in [-0.25, -0.2) is 4.98 Å². The highest BCUT2D eigenvalue weighted by atomic mass is 32.1. The van der Waals surface area contributed by atoms with Crippen molar-refractivity contribution in [3.05, 3.63) is 16.1 Å². The Morgan fingerprint density at radius 3 is 2.86 bits per heavy atom. The second-order valence-electron chi connectivity index (χ2n) is 4.72. The number of likely N-dealkylation sites (N-methyl/N-ethyl adjacent to an activating group) is 1. The molecule has 0 aromatic carbocycles. The lowest BCUT2D eigenvalue weighted by Crippen LogP contribution is -2.39. The molecule has 1 heterocycles. The van der Waals surface area contributed by atoms with Crippen molar-refractivity contribution in [3.63, 3.8) is 0 Å². The standard InChI is InChI=1S/C13H22N4O3S/c1-9(14)12-16-10(8-21-12)13(19)17(2)7-11(18)15-5-4-6-20-3/h8-9H,4-7,14H2,1-3H3,(H,15,18). The number of nitrogens with two attached hydrogens (primary N) is 1. The SMILES string of the molecule is COCCCNC(=O)CN(C)C(=O)c1csc(C(C)N)n1. The number of ether oxygens (including phenoxy) is 1. The maximum Gasteiger partial charge on any atom is 0.273 e. The summed E-state index contributed by atoms with van der Waals surface area (Å²) in [6, 6.07) is -0.203. The number of methoxy groups -OCH3 is 1. The molecule has 7 nitrogen and oxygen atoms in total. The molecule has 0 aliphatic heterocycles. The van der Waals surface area contributed by atoms with Crippen molar-refractivity contribution in [2.24, 2.45) is 5.73 Å². The maximum absolute atomic E-state index is 12.1. The Morgan fingerprint density at radius 1 is 1.57 bits per heavy atom. The fourth-order valence-corrected chi connectivity index (χ4v) is 2.33. The topological polar surface area (TPSA) is 97.5 Å². The molecule has 2 amide bonds. The quantitative estimate of drug-likeness (QED) is 0.676. The number of aromatic nitrogens is 1. The third-order valence-corrected chi connectivity index (χ3v) is 3.75. The normalized spacial score (nSPS) is 12.0. The van der Waals surface area contributed by atoms with E-state index in [0.717, 1.165) is 6.42 Å². The molecule has 0 saturated heterocycles. The molecule has 1 atom stereocenters. The van der Waals surface area contributed by atoms with Crippen molar-refractivity contribution in [1.29, 1.82) is 0 Å². The van der Waals surface area contributed by atoms with Crippen molar-refractivity contribution in [2.75, 3.05) is 33.9 Å². The van der Waals surface area contributed by atoms with Crippen LogP contribution in [0.15, 0.2) is 5.38 Å². The van der Waals surface area contributed by atoms with Gasteiger partial charge in [-0.3, -0.25) is 9.59 Å². The van der Waals surface area contributed by atoms with Crippen molar-refractivity contribution in [1.82, 2.24) is 15.2 Å². The minimum Gasteiger partial charge on any atom is -0.385 e. The van der Waals surface area contributed by atoms with E-state index >= 15 is 0 Å². The molecule has 0 aliphatic carbocycles. The van der Waals surface area contributed by atoms with Gasteiger partial charge in [0.05, 0.1) is 12.6 Å².